The molecule has 2 heterocycles. The first kappa shape index (κ1) is 20.0. The van der Waals surface area contributed by atoms with Gasteiger partial charge in [-0.1, -0.05) is 6.92 Å². The Hall–Kier alpha value is -1.75. The third-order valence-electron chi connectivity index (χ3n) is 5.17. The fourth-order valence-electron chi connectivity index (χ4n) is 3.49. The van der Waals surface area contributed by atoms with Crippen molar-refractivity contribution >= 4 is 21.4 Å². The number of hydrogen-bond donors (Lipinski definition) is 1. The molecule has 2 aliphatic rings. The van der Waals surface area contributed by atoms with Crippen molar-refractivity contribution in [3.8, 4) is 0 Å². The lowest BCUT2D eigenvalue weighted by Crippen LogP contribution is -2.40. The van der Waals surface area contributed by atoms with E-state index in [4.69, 9.17) is 4.74 Å². The Bertz CT molecular complexity index is 772. The Kier molecular flexibility index (Phi) is 6.30. The van der Waals surface area contributed by atoms with Crippen molar-refractivity contribution in [3.05, 3.63) is 28.3 Å². The molecule has 1 aromatic carbocycles. The Morgan fingerprint density at radius 2 is 1.89 bits per heavy atom. The monoisotopic (exact) mass is 398 g/mol. The fourth-order valence-corrected chi connectivity index (χ4v) is 4.92. The number of nitrogens with zero attached hydrogens (tertiary/aromatic N) is 3. The summed E-state index contributed by atoms with van der Waals surface area (Å²) in [6.45, 7) is 6.19. The molecule has 9 nitrogen and oxygen atoms in total. The maximum atomic E-state index is 12.8. The largest absolute Gasteiger partial charge is 0.379 e. The van der Waals surface area contributed by atoms with Crippen LogP contribution in [0.25, 0.3) is 0 Å². The summed E-state index contributed by atoms with van der Waals surface area (Å²) in [5, 5.41) is 14.8. The van der Waals surface area contributed by atoms with Crippen molar-refractivity contribution in [2.45, 2.75) is 30.7 Å². The number of nitrogens with one attached hydrogen (secondary N) is 1. The summed E-state index contributed by atoms with van der Waals surface area (Å²) in [5.41, 5.74) is 0.165. The average molecular weight is 398 g/mol. The van der Waals surface area contributed by atoms with Gasteiger partial charge in [0.1, 0.15) is 5.69 Å². The molecule has 0 unspecified atom stereocenters. The molecule has 2 fully saturated rings. The van der Waals surface area contributed by atoms with E-state index in [1.54, 1.807) is 0 Å². The van der Waals surface area contributed by atoms with Crippen molar-refractivity contribution < 1.29 is 18.1 Å². The van der Waals surface area contributed by atoms with Crippen molar-refractivity contribution in [3.63, 3.8) is 0 Å². The highest BCUT2D eigenvalue weighted by Crippen LogP contribution is 2.31. The van der Waals surface area contributed by atoms with Gasteiger partial charge < -0.3 is 15.0 Å². The maximum absolute atomic E-state index is 12.8. The zero-order chi connectivity index (χ0) is 19.4. The Balaban J connectivity index is 1.80. The van der Waals surface area contributed by atoms with Crippen LogP contribution in [0, 0.1) is 10.1 Å². The van der Waals surface area contributed by atoms with E-state index in [1.165, 1.54) is 16.4 Å². The van der Waals surface area contributed by atoms with Crippen LogP contribution in [-0.4, -0.2) is 74.5 Å². The van der Waals surface area contributed by atoms with Crippen LogP contribution in [0.5, 0.6) is 0 Å². The number of ether oxygens (including phenoxy) is 1. The van der Waals surface area contributed by atoms with Crippen molar-refractivity contribution in [2.75, 3.05) is 51.3 Å². The molecule has 3 rings (SSSR count). The van der Waals surface area contributed by atoms with Crippen LogP contribution < -0.4 is 5.32 Å². The van der Waals surface area contributed by atoms with E-state index in [0.29, 0.717) is 18.9 Å². The van der Waals surface area contributed by atoms with Gasteiger partial charge in [0.2, 0.25) is 10.0 Å². The van der Waals surface area contributed by atoms with Crippen LogP contribution in [0.4, 0.5) is 11.4 Å². The van der Waals surface area contributed by atoms with E-state index in [9.17, 15) is 18.5 Å². The number of piperidine rings is 1. The van der Waals surface area contributed by atoms with E-state index < -0.39 is 14.9 Å². The summed E-state index contributed by atoms with van der Waals surface area (Å²) in [5.74, 6) is 0. The summed E-state index contributed by atoms with van der Waals surface area (Å²) in [6, 6.07) is 4.26. The first-order valence-electron chi connectivity index (χ1n) is 9.27. The molecule has 2 aliphatic heterocycles. The number of hydrogen-bond acceptors (Lipinski definition) is 7. The van der Waals surface area contributed by atoms with Gasteiger partial charge in [-0.15, -0.1) is 0 Å². The molecule has 27 heavy (non-hydrogen) atoms. The van der Waals surface area contributed by atoms with Gasteiger partial charge >= 0.3 is 0 Å². The standard InChI is InChI=1S/C17H26N4O5S/c1-2-19-7-5-14(6-8-19)18-16-4-3-15(13-17(16)21(22)23)27(24,25)20-9-11-26-12-10-20/h3-4,13-14,18H,2,5-12H2,1H3. The second-order valence-corrected chi connectivity index (χ2v) is 8.74. The van der Waals surface area contributed by atoms with Gasteiger partial charge in [-0.2, -0.15) is 4.31 Å². The highest BCUT2D eigenvalue weighted by Gasteiger charge is 2.29. The van der Waals surface area contributed by atoms with Gasteiger partial charge in [-0.25, -0.2) is 8.42 Å². The molecule has 0 aromatic heterocycles. The molecule has 0 amide bonds. The van der Waals surface area contributed by atoms with Crippen molar-refractivity contribution in [2.24, 2.45) is 0 Å². The van der Waals surface area contributed by atoms with Crippen molar-refractivity contribution in [1.29, 1.82) is 0 Å². The number of sulfonamides is 1. The van der Waals surface area contributed by atoms with Crippen LogP contribution in [-0.2, 0) is 14.8 Å². The predicted octanol–water partition coefficient (Wildman–Crippen LogP) is 1.51. The van der Waals surface area contributed by atoms with E-state index in [0.717, 1.165) is 38.5 Å². The lowest BCUT2D eigenvalue weighted by Gasteiger charge is -2.32. The second-order valence-electron chi connectivity index (χ2n) is 6.81. The second kappa shape index (κ2) is 8.51. The van der Waals surface area contributed by atoms with Gasteiger partial charge in [-0.05, 0) is 31.5 Å². The van der Waals surface area contributed by atoms with Crippen LogP contribution in [0.15, 0.2) is 23.1 Å². The first-order chi connectivity index (χ1) is 12.9. The molecule has 0 spiro atoms. The van der Waals surface area contributed by atoms with Gasteiger partial charge in [0, 0.05) is 38.3 Å². The van der Waals surface area contributed by atoms with Crippen molar-refractivity contribution in [1.82, 2.24) is 9.21 Å². The van der Waals surface area contributed by atoms with Crippen LogP contribution >= 0.6 is 0 Å². The molecule has 1 aromatic rings. The average Bonchev–Trinajstić information content (AvgIpc) is 2.69. The molecule has 0 aliphatic carbocycles. The lowest BCUT2D eigenvalue weighted by molar-refractivity contribution is -0.384. The molecule has 0 radical (unpaired) electrons. The van der Waals surface area contributed by atoms with Gasteiger partial charge in [-0.3, -0.25) is 10.1 Å². The zero-order valence-corrected chi connectivity index (χ0v) is 16.3. The third-order valence-corrected chi connectivity index (χ3v) is 7.06. The number of nitro groups is 1. The smallest absolute Gasteiger partial charge is 0.293 e. The summed E-state index contributed by atoms with van der Waals surface area (Å²) in [4.78, 5) is 13.3. The number of rotatable bonds is 6. The van der Waals surface area contributed by atoms with E-state index in [2.05, 4.69) is 17.1 Å². The molecule has 2 saturated heterocycles. The highest BCUT2D eigenvalue weighted by molar-refractivity contribution is 7.89. The normalized spacial score (nSPS) is 20.5. The van der Waals surface area contributed by atoms with Crippen LogP contribution in [0.3, 0.4) is 0 Å². The molecular formula is C17H26N4O5S. The molecule has 0 saturated carbocycles. The topological polar surface area (TPSA) is 105 Å². The first-order valence-corrected chi connectivity index (χ1v) is 10.7. The number of anilines is 1. The highest BCUT2D eigenvalue weighted by atomic mass is 32.2. The SMILES string of the molecule is CCN1CCC(Nc2ccc(S(=O)(=O)N3CCOCC3)cc2[N+](=O)[O-])CC1. The summed E-state index contributed by atoms with van der Waals surface area (Å²) in [6.07, 6.45) is 1.80. The predicted molar refractivity (Wildman–Crippen MR) is 101 cm³/mol. The number of morpholine rings is 1. The molecule has 150 valence electrons. The molecule has 1 N–H and O–H groups in total. The minimum absolute atomic E-state index is 0.0533. The number of likely N-dealkylation sites (tertiary alicyclic amines) is 1. The summed E-state index contributed by atoms with van der Waals surface area (Å²) < 4.78 is 32.0. The quantitative estimate of drug-likeness (QED) is 0.572. The Morgan fingerprint density at radius 3 is 2.48 bits per heavy atom. The summed E-state index contributed by atoms with van der Waals surface area (Å²) >= 11 is 0. The Labute approximate surface area is 159 Å². The van der Waals surface area contributed by atoms with E-state index in [1.807, 2.05) is 0 Å². The molecule has 0 atom stereocenters. The van der Waals surface area contributed by atoms with Gasteiger partial charge in [0.25, 0.3) is 5.69 Å². The fraction of sp³-hybridized carbons (Fsp3) is 0.647. The molecule has 10 heteroatoms. The van der Waals surface area contributed by atoms with E-state index >= 15 is 0 Å². The zero-order valence-electron chi connectivity index (χ0n) is 15.5. The number of nitro benzene ring substituents is 1. The minimum atomic E-state index is -3.76. The summed E-state index contributed by atoms with van der Waals surface area (Å²) in [7, 11) is -3.76. The molecular weight excluding hydrogens is 372 g/mol. The van der Waals surface area contributed by atoms with Gasteiger partial charge in [0.05, 0.1) is 23.0 Å². The van der Waals surface area contributed by atoms with E-state index in [-0.39, 0.29) is 29.7 Å². The van der Waals surface area contributed by atoms with Crippen LogP contribution in [0.2, 0.25) is 0 Å². The van der Waals surface area contributed by atoms with Crippen LogP contribution in [0.1, 0.15) is 19.8 Å². The Morgan fingerprint density at radius 1 is 1.22 bits per heavy atom. The lowest BCUT2D eigenvalue weighted by atomic mass is 10.0. The maximum Gasteiger partial charge on any atom is 0.293 e. The number of benzene rings is 1. The minimum Gasteiger partial charge on any atom is -0.379 e. The third kappa shape index (κ3) is 4.57. The molecule has 0 bridgehead atoms. The van der Waals surface area contributed by atoms with Gasteiger partial charge in [0.15, 0.2) is 0 Å².